The first-order chi connectivity index (χ1) is 7.25. The Bertz CT molecular complexity index is 445. The third-order valence-electron chi connectivity index (χ3n) is 2.00. The average molecular weight is 205 g/mol. The van der Waals surface area contributed by atoms with Crippen molar-refractivity contribution in [3.63, 3.8) is 0 Å². The molecule has 0 radical (unpaired) electrons. The summed E-state index contributed by atoms with van der Waals surface area (Å²) in [5.41, 5.74) is 0. The molecule has 0 atom stereocenters. The quantitative estimate of drug-likeness (QED) is 0.818. The summed E-state index contributed by atoms with van der Waals surface area (Å²) in [5, 5.41) is 6.68. The van der Waals surface area contributed by atoms with E-state index in [1.807, 2.05) is 0 Å². The third-order valence-corrected chi connectivity index (χ3v) is 2.00. The zero-order chi connectivity index (χ0) is 10.7. The lowest BCUT2D eigenvalue weighted by Gasteiger charge is -2.03. The molecule has 5 nitrogen and oxygen atoms in total. The van der Waals surface area contributed by atoms with Crippen molar-refractivity contribution in [1.29, 1.82) is 0 Å². The van der Waals surface area contributed by atoms with E-state index >= 15 is 0 Å². The van der Waals surface area contributed by atoms with E-state index in [4.69, 9.17) is 4.42 Å². The number of hydrogen-bond acceptors (Lipinski definition) is 3. The summed E-state index contributed by atoms with van der Waals surface area (Å²) in [6.45, 7) is 0. The summed E-state index contributed by atoms with van der Waals surface area (Å²) < 4.78 is 6.67. The van der Waals surface area contributed by atoms with E-state index in [0.29, 0.717) is 11.6 Å². The smallest absolute Gasteiger partial charge is 0.233 e. The molecule has 2 aromatic rings. The number of aryl methyl sites for hydroxylation is 1. The molecule has 0 saturated heterocycles. The van der Waals surface area contributed by atoms with E-state index in [0.717, 1.165) is 0 Å². The molecule has 0 bridgehead atoms. The van der Waals surface area contributed by atoms with Gasteiger partial charge in [-0.25, -0.2) is 0 Å². The molecule has 2 aromatic heterocycles. The summed E-state index contributed by atoms with van der Waals surface area (Å²) >= 11 is 0. The number of amides is 1. The van der Waals surface area contributed by atoms with Gasteiger partial charge in [-0.15, -0.1) is 0 Å². The van der Waals surface area contributed by atoms with Gasteiger partial charge in [0.05, 0.1) is 18.9 Å². The van der Waals surface area contributed by atoms with Crippen LogP contribution in [0.1, 0.15) is 5.76 Å². The zero-order valence-corrected chi connectivity index (χ0v) is 8.30. The number of aromatic nitrogens is 2. The summed E-state index contributed by atoms with van der Waals surface area (Å²) in [6.07, 6.45) is 3.41. The number of furan rings is 1. The maximum absolute atomic E-state index is 11.5. The van der Waals surface area contributed by atoms with Crippen molar-refractivity contribution in [3.05, 3.63) is 36.4 Å². The van der Waals surface area contributed by atoms with E-state index in [2.05, 4.69) is 10.4 Å². The van der Waals surface area contributed by atoms with Crippen LogP contribution in [0.5, 0.6) is 0 Å². The minimum absolute atomic E-state index is 0.117. The molecule has 0 saturated carbocycles. The van der Waals surface area contributed by atoms with Crippen molar-refractivity contribution >= 4 is 11.7 Å². The molecule has 0 aliphatic heterocycles. The van der Waals surface area contributed by atoms with Gasteiger partial charge >= 0.3 is 0 Å². The largest absolute Gasteiger partial charge is 0.469 e. The Balaban J connectivity index is 1.96. The Morgan fingerprint density at radius 1 is 1.60 bits per heavy atom. The number of hydrogen-bond donors (Lipinski definition) is 1. The standard InChI is InChI=1S/C10H11N3O2/c1-13-9(4-5-11-13)12-10(14)7-8-3-2-6-15-8/h2-6H,7H2,1H3,(H,12,14). The van der Waals surface area contributed by atoms with Gasteiger partial charge in [-0.3, -0.25) is 9.48 Å². The molecule has 15 heavy (non-hydrogen) atoms. The summed E-state index contributed by atoms with van der Waals surface area (Å²) in [5.74, 6) is 1.20. The van der Waals surface area contributed by atoms with Gasteiger partial charge in [0, 0.05) is 13.1 Å². The van der Waals surface area contributed by atoms with Crippen LogP contribution in [0.15, 0.2) is 35.1 Å². The van der Waals surface area contributed by atoms with Crippen LogP contribution >= 0.6 is 0 Å². The number of rotatable bonds is 3. The highest BCUT2D eigenvalue weighted by molar-refractivity contribution is 5.91. The summed E-state index contributed by atoms with van der Waals surface area (Å²) in [4.78, 5) is 11.5. The van der Waals surface area contributed by atoms with Crippen molar-refractivity contribution in [2.75, 3.05) is 5.32 Å². The first kappa shape index (κ1) is 9.51. The van der Waals surface area contributed by atoms with Crippen LogP contribution in [0.25, 0.3) is 0 Å². The first-order valence-corrected chi connectivity index (χ1v) is 4.56. The minimum Gasteiger partial charge on any atom is -0.469 e. The highest BCUT2D eigenvalue weighted by Gasteiger charge is 2.07. The van der Waals surface area contributed by atoms with Crippen molar-refractivity contribution in [3.8, 4) is 0 Å². The van der Waals surface area contributed by atoms with E-state index < -0.39 is 0 Å². The maximum atomic E-state index is 11.5. The molecule has 78 valence electrons. The van der Waals surface area contributed by atoms with Gasteiger partial charge < -0.3 is 9.73 Å². The zero-order valence-electron chi connectivity index (χ0n) is 8.30. The fraction of sp³-hybridized carbons (Fsp3) is 0.200. The van der Waals surface area contributed by atoms with Crippen molar-refractivity contribution < 1.29 is 9.21 Å². The molecular formula is C10H11N3O2. The Hall–Kier alpha value is -2.04. The molecule has 0 aromatic carbocycles. The van der Waals surface area contributed by atoms with Crippen LogP contribution in [-0.2, 0) is 18.3 Å². The van der Waals surface area contributed by atoms with Crippen LogP contribution < -0.4 is 5.32 Å². The molecule has 0 aliphatic carbocycles. The first-order valence-electron chi connectivity index (χ1n) is 4.56. The Kier molecular flexibility index (Phi) is 2.53. The topological polar surface area (TPSA) is 60.1 Å². The molecule has 0 fully saturated rings. The molecule has 2 rings (SSSR count). The number of carbonyl (C=O) groups is 1. The summed E-state index contributed by atoms with van der Waals surface area (Å²) in [6, 6.07) is 5.26. The molecule has 1 amide bonds. The van der Waals surface area contributed by atoms with Crippen LogP contribution in [0.2, 0.25) is 0 Å². The lowest BCUT2D eigenvalue weighted by Crippen LogP contribution is -2.16. The summed E-state index contributed by atoms with van der Waals surface area (Å²) in [7, 11) is 1.77. The Labute approximate surface area is 86.7 Å². The average Bonchev–Trinajstić information content (AvgIpc) is 2.79. The highest BCUT2D eigenvalue weighted by atomic mass is 16.3. The highest BCUT2D eigenvalue weighted by Crippen LogP contribution is 2.06. The van der Waals surface area contributed by atoms with E-state index in [9.17, 15) is 4.79 Å². The van der Waals surface area contributed by atoms with Crippen LogP contribution in [0.3, 0.4) is 0 Å². The number of nitrogens with one attached hydrogen (secondary N) is 1. The second-order valence-corrected chi connectivity index (χ2v) is 3.14. The predicted molar refractivity (Wildman–Crippen MR) is 54.2 cm³/mol. The van der Waals surface area contributed by atoms with Gasteiger partial charge in [0.2, 0.25) is 5.91 Å². The van der Waals surface area contributed by atoms with Crippen LogP contribution in [0.4, 0.5) is 5.82 Å². The third kappa shape index (κ3) is 2.25. The van der Waals surface area contributed by atoms with Gasteiger partial charge in [-0.05, 0) is 12.1 Å². The lowest BCUT2D eigenvalue weighted by atomic mass is 10.3. The molecule has 2 heterocycles. The molecular weight excluding hydrogens is 194 g/mol. The molecule has 5 heteroatoms. The van der Waals surface area contributed by atoms with E-state index in [1.54, 1.807) is 42.4 Å². The van der Waals surface area contributed by atoms with Gasteiger partial charge in [0.1, 0.15) is 11.6 Å². The number of carbonyl (C=O) groups excluding carboxylic acids is 1. The Morgan fingerprint density at radius 2 is 2.47 bits per heavy atom. The van der Waals surface area contributed by atoms with Crippen molar-refractivity contribution in [2.24, 2.45) is 7.05 Å². The molecule has 0 unspecified atom stereocenters. The lowest BCUT2D eigenvalue weighted by molar-refractivity contribution is -0.115. The fourth-order valence-corrected chi connectivity index (χ4v) is 1.26. The number of anilines is 1. The van der Waals surface area contributed by atoms with Crippen LogP contribution in [0, 0.1) is 0 Å². The van der Waals surface area contributed by atoms with E-state index in [-0.39, 0.29) is 12.3 Å². The van der Waals surface area contributed by atoms with Gasteiger partial charge in [-0.2, -0.15) is 5.10 Å². The monoisotopic (exact) mass is 205 g/mol. The van der Waals surface area contributed by atoms with Gasteiger partial charge in [0.25, 0.3) is 0 Å². The second kappa shape index (κ2) is 4.00. The van der Waals surface area contributed by atoms with E-state index in [1.165, 1.54) is 0 Å². The molecule has 0 spiro atoms. The Morgan fingerprint density at radius 3 is 3.07 bits per heavy atom. The fourth-order valence-electron chi connectivity index (χ4n) is 1.26. The predicted octanol–water partition coefficient (Wildman–Crippen LogP) is 1.19. The van der Waals surface area contributed by atoms with Crippen molar-refractivity contribution in [1.82, 2.24) is 9.78 Å². The number of nitrogens with zero attached hydrogens (tertiary/aromatic N) is 2. The van der Waals surface area contributed by atoms with Gasteiger partial charge in [0.15, 0.2) is 0 Å². The normalized spacial score (nSPS) is 10.2. The minimum atomic E-state index is -0.117. The van der Waals surface area contributed by atoms with Gasteiger partial charge in [-0.1, -0.05) is 0 Å². The van der Waals surface area contributed by atoms with Crippen molar-refractivity contribution in [2.45, 2.75) is 6.42 Å². The molecule has 1 N–H and O–H groups in total. The van der Waals surface area contributed by atoms with Crippen LogP contribution in [-0.4, -0.2) is 15.7 Å². The SMILES string of the molecule is Cn1nccc1NC(=O)Cc1ccco1. The maximum Gasteiger partial charge on any atom is 0.233 e. The second-order valence-electron chi connectivity index (χ2n) is 3.14. The molecule has 0 aliphatic rings.